The van der Waals surface area contributed by atoms with Gasteiger partial charge in [-0.05, 0) is 65.7 Å². The van der Waals surface area contributed by atoms with Gasteiger partial charge in [-0.25, -0.2) is 0 Å². The van der Waals surface area contributed by atoms with Gasteiger partial charge in [0.1, 0.15) is 0 Å². The van der Waals surface area contributed by atoms with E-state index in [9.17, 15) is 0 Å². The summed E-state index contributed by atoms with van der Waals surface area (Å²) in [4.78, 5) is 4.26. The molecule has 2 atom stereocenters. The smallest absolute Gasteiger partial charge is 0.0410 e. The average Bonchev–Trinajstić information content (AvgIpc) is 2.37. The maximum absolute atomic E-state index is 4.26. The zero-order chi connectivity index (χ0) is 12.8. The number of nitrogens with one attached hydrogen (secondary N) is 1. The van der Waals surface area contributed by atoms with Crippen LogP contribution in [0, 0.1) is 5.92 Å². The fraction of sp³-hybridized carbons (Fsp3) is 0.667. The van der Waals surface area contributed by atoms with Crippen LogP contribution >= 0.6 is 15.9 Å². The first-order chi connectivity index (χ1) is 8.78. The van der Waals surface area contributed by atoms with Crippen LogP contribution in [0.25, 0.3) is 0 Å². The van der Waals surface area contributed by atoms with Gasteiger partial charge in [0.2, 0.25) is 0 Å². The maximum atomic E-state index is 4.26. The Bertz CT molecular complexity index is 367. The van der Waals surface area contributed by atoms with Crippen LogP contribution in [0.2, 0.25) is 0 Å². The monoisotopic (exact) mass is 310 g/mol. The van der Waals surface area contributed by atoms with E-state index in [1.165, 1.54) is 44.1 Å². The summed E-state index contributed by atoms with van der Waals surface area (Å²) in [5, 5.41) is 3.67. The van der Waals surface area contributed by atoms with Crippen molar-refractivity contribution < 1.29 is 0 Å². The number of pyridine rings is 1. The summed E-state index contributed by atoms with van der Waals surface area (Å²) in [5.74, 6) is 0.823. The molecule has 2 nitrogen and oxygen atoms in total. The van der Waals surface area contributed by atoms with Gasteiger partial charge in [0.25, 0.3) is 0 Å². The molecule has 18 heavy (non-hydrogen) atoms. The van der Waals surface area contributed by atoms with E-state index in [1.807, 2.05) is 12.4 Å². The zero-order valence-electron chi connectivity index (χ0n) is 11.2. The van der Waals surface area contributed by atoms with Gasteiger partial charge in [0, 0.05) is 22.9 Å². The van der Waals surface area contributed by atoms with Crippen LogP contribution in [-0.2, 0) is 6.42 Å². The summed E-state index contributed by atoms with van der Waals surface area (Å²) in [6, 6.07) is 2.94. The first kappa shape index (κ1) is 14.0. The fourth-order valence-corrected chi connectivity index (χ4v) is 3.32. The molecule has 1 aliphatic rings. The molecule has 100 valence electrons. The van der Waals surface area contributed by atoms with Gasteiger partial charge in [-0.15, -0.1) is 0 Å². The molecule has 0 radical (unpaired) electrons. The first-order valence-electron chi connectivity index (χ1n) is 7.10. The third-order valence-corrected chi connectivity index (χ3v) is 4.19. The molecule has 1 aromatic rings. The maximum Gasteiger partial charge on any atom is 0.0410 e. The molecule has 1 aliphatic carbocycles. The van der Waals surface area contributed by atoms with E-state index in [0.29, 0.717) is 0 Å². The van der Waals surface area contributed by atoms with Gasteiger partial charge in [-0.3, -0.25) is 4.98 Å². The van der Waals surface area contributed by atoms with Crippen molar-refractivity contribution in [3.05, 3.63) is 28.5 Å². The molecule has 0 aromatic carbocycles. The van der Waals surface area contributed by atoms with Crippen LogP contribution in [0.3, 0.4) is 0 Å². The number of hydrogen-bond donors (Lipinski definition) is 1. The van der Waals surface area contributed by atoms with E-state index in [1.54, 1.807) is 0 Å². The molecule has 0 bridgehead atoms. The molecule has 1 heterocycles. The number of aromatic nitrogens is 1. The van der Waals surface area contributed by atoms with Gasteiger partial charge in [-0.1, -0.05) is 19.8 Å². The predicted octanol–water partition coefficient (Wildman–Crippen LogP) is 3.95. The lowest BCUT2D eigenvalue weighted by Gasteiger charge is -2.30. The minimum absolute atomic E-state index is 0.740. The minimum atomic E-state index is 0.740. The Kier molecular flexibility index (Phi) is 5.64. The highest BCUT2D eigenvalue weighted by molar-refractivity contribution is 9.10. The fourth-order valence-electron chi connectivity index (χ4n) is 2.91. The van der Waals surface area contributed by atoms with Crippen LogP contribution in [0.15, 0.2) is 22.9 Å². The van der Waals surface area contributed by atoms with E-state index in [-0.39, 0.29) is 0 Å². The van der Waals surface area contributed by atoms with E-state index in [4.69, 9.17) is 0 Å². The molecule has 0 saturated heterocycles. The molecule has 0 spiro atoms. The summed E-state index contributed by atoms with van der Waals surface area (Å²) in [6.07, 6.45) is 11.7. The molecule has 1 fully saturated rings. The summed E-state index contributed by atoms with van der Waals surface area (Å²) in [6.45, 7) is 3.40. The van der Waals surface area contributed by atoms with Crippen LogP contribution in [0.5, 0.6) is 0 Å². The quantitative estimate of drug-likeness (QED) is 0.891. The van der Waals surface area contributed by atoms with Gasteiger partial charge in [0.05, 0.1) is 0 Å². The zero-order valence-corrected chi connectivity index (χ0v) is 12.7. The molecule has 0 aliphatic heterocycles. The van der Waals surface area contributed by atoms with E-state index in [2.05, 4.69) is 39.2 Å². The van der Waals surface area contributed by atoms with Gasteiger partial charge in [-0.2, -0.15) is 0 Å². The number of halogens is 1. The van der Waals surface area contributed by atoms with Crippen molar-refractivity contribution >= 4 is 15.9 Å². The number of rotatable bonds is 5. The Morgan fingerprint density at radius 3 is 3.06 bits per heavy atom. The SMILES string of the molecule is CCCNC1CCCC(Cc2cncc(Br)c2)C1. The third-order valence-electron chi connectivity index (χ3n) is 3.75. The molecule has 1 N–H and O–H groups in total. The van der Waals surface area contributed by atoms with Crippen LogP contribution < -0.4 is 5.32 Å². The molecular weight excluding hydrogens is 288 g/mol. The van der Waals surface area contributed by atoms with Crippen molar-refractivity contribution in [2.45, 2.75) is 51.5 Å². The van der Waals surface area contributed by atoms with Gasteiger partial charge in [0.15, 0.2) is 0 Å². The summed E-state index contributed by atoms with van der Waals surface area (Å²) in [7, 11) is 0. The van der Waals surface area contributed by atoms with E-state index in [0.717, 1.165) is 23.0 Å². The highest BCUT2D eigenvalue weighted by Crippen LogP contribution is 2.27. The second-order valence-electron chi connectivity index (χ2n) is 5.40. The Labute approximate surface area is 119 Å². The summed E-state index contributed by atoms with van der Waals surface area (Å²) >= 11 is 3.50. The largest absolute Gasteiger partial charge is 0.314 e. The molecule has 2 unspecified atom stereocenters. The van der Waals surface area contributed by atoms with Gasteiger partial charge >= 0.3 is 0 Å². The van der Waals surface area contributed by atoms with Crippen LogP contribution in [0.4, 0.5) is 0 Å². The summed E-state index contributed by atoms with van der Waals surface area (Å²) < 4.78 is 1.09. The average molecular weight is 311 g/mol. The van der Waals surface area contributed by atoms with Crippen molar-refractivity contribution in [2.24, 2.45) is 5.92 Å². The molecule has 2 rings (SSSR count). The normalized spacial score (nSPS) is 24.1. The number of nitrogens with zero attached hydrogens (tertiary/aromatic N) is 1. The summed E-state index contributed by atoms with van der Waals surface area (Å²) in [5.41, 5.74) is 1.37. The lowest BCUT2D eigenvalue weighted by molar-refractivity contribution is 0.284. The number of hydrogen-bond acceptors (Lipinski definition) is 2. The van der Waals surface area contributed by atoms with Crippen LogP contribution in [0.1, 0.15) is 44.6 Å². The second kappa shape index (κ2) is 7.25. The lowest BCUT2D eigenvalue weighted by Crippen LogP contribution is -2.35. The molecule has 1 aromatic heterocycles. The third kappa shape index (κ3) is 4.36. The highest BCUT2D eigenvalue weighted by atomic mass is 79.9. The standard InChI is InChI=1S/C15H23BrN2/c1-2-6-18-15-5-3-4-12(9-15)7-13-8-14(16)11-17-10-13/h8,10-12,15,18H,2-7,9H2,1H3. The minimum Gasteiger partial charge on any atom is -0.314 e. The van der Waals surface area contributed by atoms with Crippen molar-refractivity contribution in [2.75, 3.05) is 6.54 Å². The van der Waals surface area contributed by atoms with E-state index >= 15 is 0 Å². The topological polar surface area (TPSA) is 24.9 Å². The Morgan fingerprint density at radius 1 is 1.39 bits per heavy atom. The molecular formula is C15H23BrN2. The Morgan fingerprint density at radius 2 is 2.28 bits per heavy atom. The first-order valence-corrected chi connectivity index (χ1v) is 7.90. The van der Waals surface area contributed by atoms with Crippen molar-refractivity contribution in [3.8, 4) is 0 Å². The Balaban J connectivity index is 1.85. The Hall–Kier alpha value is -0.410. The molecule has 1 saturated carbocycles. The molecule has 0 amide bonds. The lowest BCUT2D eigenvalue weighted by atomic mass is 9.82. The van der Waals surface area contributed by atoms with Crippen molar-refractivity contribution in [1.29, 1.82) is 0 Å². The van der Waals surface area contributed by atoms with Crippen molar-refractivity contribution in [3.63, 3.8) is 0 Å². The van der Waals surface area contributed by atoms with E-state index < -0.39 is 0 Å². The van der Waals surface area contributed by atoms with Crippen molar-refractivity contribution in [1.82, 2.24) is 10.3 Å². The predicted molar refractivity (Wildman–Crippen MR) is 79.7 cm³/mol. The second-order valence-corrected chi connectivity index (χ2v) is 6.31. The molecule has 3 heteroatoms. The van der Waals surface area contributed by atoms with Crippen LogP contribution in [-0.4, -0.2) is 17.6 Å². The van der Waals surface area contributed by atoms with Gasteiger partial charge < -0.3 is 5.32 Å². The highest BCUT2D eigenvalue weighted by Gasteiger charge is 2.21.